The third kappa shape index (κ3) is 3.75. The Morgan fingerprint density at radius 2 is 2.08 bits per heavy atom. The fourth-order valence-corrected chi connectivity index (χ4v) is 2.78. The van der Waals surface area contributed by atoms with E-state index in [1.807, 2.05) is 34.9 Å². The zero-order chi connectivity index (χ0) is 17.8. The van der Waals surface area contributed by atoms with Gasteiger partial charge in [-0.25, -0.2) is 4.98 Å². The van der Waals surface area contributed by atoms with Crippen molar-refractivity contribution in [3.05, 3.63) is 58.9 Å². The highest BCUT2D eigenvalue weighted by atomic mass is 35.5. The first-order valence-electron chi connectivity index (χ1n) is 7.87. The number of ether oxygens (including phenoxy) is 1. The number of aromatic nitrogens is 2. The van der Waals surface area contributed by atoms with Crippen LogP contribution in [0.25, 0.3) is 11.0 Å². The Morgan fingerprint density at radius 1 is 1.32 bits per heavy atom. The van der Waals surface area contributed by atoms with Crippen LogP contribution in [0, 0.1) is 0 Å². The van der Waals surface area contributed by atoms with Crippen molar-refractivity contribution in [3.8, 4) is 5.75 Å². The number of nitrogens with two attached hydrogens (primary N) is 1. The van der Waals surface area contributed by atoms with E-state index >= 15 is 0 Å². The molecule has 3 rings (SSSR count). The molecule has 4 N–H and O–H groups in total. The van der Waals surface area contributed by atoms with Gasteiger partial charge >= 0.3 is 0 Å². The second kappa shape index (κ2) is 7.55. The summed E-state index contributed by atoms with van der Waals surface area (Å²) in [6.45, 7) is 0.618. The smallest absolute Gasteiger partial charge is 0.260 e. The number of rotatable bonds is 6. The van der Waals surface area contributed by atoms with E-state index in [0.29, 0.717) is 41.1 Å². The predicted octanol–water partition coefficient (Wildman–Crippen LogP) is 0.829. The van der Waals surface area contributed by atoms with Gasteiger partial charge in [0.15, 0.2) is 0 Å². The lowest BCUT2D eigenvalue weighted by Gasteiger charge is -2.09. The van der Waals surface area contributed by atoms with Gasteiger partial charge in [-0.1, -0.05) is 41.9 Å². The number of nitrogens with one attached hydrogen (secondary N) is 1. The molecule has 130 valence electrons. The number of amidine groups is 1. The zero-order valence-corrected chi connectivity index (χ0v) is 14.6. The van der Waals surface area contributed by atoms with Gasteiger partial charge in [0.05, 0.1) is 23.1 Å². The Kier molecular flexibility index (Phi) is 5.21. The molecule has 0 aliphatic rings. The zero-order valence-electron chi connectivity index (χ0n) is 13.9. The summed E-state index contributed by atoms with van der Waals surface area (Å²) in [5, 5.41) is 10.1. The molecule has 0 saturated carbocycles. The molecule has 1 heterocycles. The van der Waals surface area contributed by atoms with Gasteiger partial charge in [-0.2, -0.15) is 0 Å². The quantitative estimate of drug-likeness (QED) is 0.449. The summed E-state index contributed by atoms with van der Waals surface area (Å²) >= 11 is 6.38. The van der Waals surface area contributed by atoms with Gasteiger partial charge in [0.1, 0.15) is 31.3 Å². The first-order chi connectivity index (χ1) is 12.1. The standard InChI is InChI=1S/C18H19ClN4O2/c1-21-17(20)9-23-15-7-13(19)16(8-14(15)22-18(23)10-24)25-11-12-5-3-2-4-6-12/h2-8,24H,9-11H2,1H3,(H2,20,21)/p+1. The van der Waals surface area contributed by atoms with Crippen molar-refractivity contribution < 1.29 is 14.8 Å². The number of aliphatic hydroxyl groups is 1. The van der Waals surface area contributed by atoms with Gasteiger partial charge in [0.2, 0.25) is 0 Å². The molecule has 0 amide bonds. The highest BCUT2D eigenvalue weighted by Gasteiger charge is 2.16. The lowest BCUT2D eigenvalue weighted by molar-refractivity contribution is -0.422. The maximum Gasteiger partial charge on any atom is 0.260 e. The Hall–Kier alpha value is -2.57. The van der Waals surface area contributed by atoms with E-state index in [9.17, 15) is 5.11 Å². The lowest BCUT2D eigenvalue weighted by Crippen LogP contribution is -2.71. The van der Waals surface area contributed by atoms with Crippen LogP contribution >= 0.6 is 11.6 Å². The Labute approximate surface area is 150 Å². The first kappa shape index (κ1) is 17.3. The van der Waals surface area contributed by atoms with E-state index in [1.54, 1.807) is 19.2 Å². The molecule has 7 heteroatoms. The minimum absolute atomic E-state index is 0.191. The normalized spacial score (nSPS) is 11.9. The molecule has 0 saturated heterocycles. The van der Waals surface area contributed by atoms with E-state index < -0.39 is 0 Å². The van der Waals surface area contributed by atoms with Gasteiger partial charge in [0, 0.05) is 6.07 Å². The van der Waals surface area contributed by atoms with Crippen molar-refractivity contribution in [1.82, 2.24) is 9.55 Å². The van der Waals surface area contributed by atoms with Crippen LogP contribution in [0.3, 0.4) is 0 Å². The van der Waals surface area contributed by atoms with E-state index in [1.165, 1.54) is 0 Å². The predicted molar refractivity (Wildman–Crippen MR) is 97.5 cm³/mol. The fraction of sp³-hybridized carbons (Fsp3) is 0.222. The summed E-state index contributed by atoms with van der Waals surface area (Å²) in [6, 6.07) is 13.4. The minimum Gasteiger partial charge on any atom is -0.487 e. The van der Waals surface area contributed by atoms with E-state index in [0.717, 1.165) is 11.1 Å². The maximum absolute atomic E-state index is 9.58. The summed E-state index contributed by atoms with van der Waals surface area (Å²) in [6.07, 6.45) is 0. The third-order valence-corrected chi connectivity index (χ3v) is 4.20. The molecule has 0 unspecified atom stereocenters. The highest BCUT2D eigenvalue weighted by molar-refractivity contribution is 6.32. The van der Waals surface area contributed by atoms with Gasteiger partial charge in [-0.15, -0.1) is 0 Å². The molecule has 6 nitrogen and oxygen atoms in total. The molecule has 0 aliphatic carbocycles. The first-order valence-corrected chi connectivity index (χ1v) is 8.25. The van der Waals surface area contributed by atoms with Crippen molar-refractivity contribution in [1.29, 1.82) is 0 Å². The second-order valence-corrected chi connectivity index (χ2v) is 6.00. The minimum atomic E-state index is -0.191. The van der Waals surface area contributed by atoms with Crippen LogP contribution in [0.2, 0.25) is 5.02 Å². The Bertz CT molecular complexity index is 906. The monoisotopic (exact) mass is 359 g/mol. The van der Waals surface area contributed by atoms with Gasteiger partial charge in [-0.05, 0) is 11.6 Å². The largest absolute Gasteiger partial charge is 0.487 e. The number of hydrogen-bond acceptors (Lipinski definition) is 3. The third-order valence-electron chi connectivity index (χ3n) is 3.91. The van der Waals surface area contributed by atoms with E-state index in [4.69, 9.17) is 22.1 Å². The van der Waals surface area contributed by atoms with E-state index in [2.05, 4.69) is 9.98 Å². The number of hydrogen-bond donors (Lipinski definition) is 3. The lowest BCUT2D eigenvalue weighted by atomic mass is 10.2. The molecular formula is C18H20ClN4O2+. The van der Waals surface area contributed by atoms with Crippen LogP contribution in [0.15, 0.2) is 42.5 Å². The number of halogens is 1. The van der Waals surface area contributed by atoms with Crippen molar-refractivity contribution in [2.75, 3.05) is 7.05 Å². The van der Waals surface area contributed by atoms with Crippen LogP contribution in [-0.4, -0.2) is 27.5 Å². The summed E-state index contributed by atoms with van der Waals surface area (Å²) in [7, 11) is 1.75. The number of nitrogens with zero attached hydrogens (tertiary/aromatic N) is 2. The van der Waals surface area contributed by atoms with Crippen molar-refractivity contribution in [2.24, 2.45) is 5.73 Å². The van der Waals surface area contributed by atoms with Gasteiger partial charge < -0.3 is 14.4 Å². The van der Waals surface area contributed by atoms with Crippen LogP contribution in [0.4, 0.5) is 0 Å². The molecule has 3 aromatic rings. The molecule has 1 aromatic heterocycles. The number of fused-ring (bicyclic) bond motifs is 1. The Balaban J connectivity index is 1.93. The second-order valence-electron chi connectivity index (χ2n) is 5.59. The Morgan fingerprint density at radius 3 is 2.76 bits per heavy atom. The summed E-state index contributed by atoms with van der Waals surface area (Å²) in [5.41, 5.74) is 8.41. The number of benzene rings is 2. The fourth-order valence-electron chi connectivity index (χ4n) is 2.57. The topological polar surface area (TPSA) is 87.3 Å². The molecule has 0 bridgehead atoms. The maximum atomic E-state index is 9.58. The van der Waals surface area contributed by atoms with Crippen molar-refractivity contribution >= 4 is 28.5 Å². The van der Waals surface area contributed by atoms with Crippen LogP contribution in [0.5, 0.6) is 5.75 Å². The SMILES string of the molecule is C[NH+]=C(N)Cn1c(CO)nc2cc(OCc3ccccc3)c(Cl)cc21. The van der Waals surface area contributed by atoms with Crippen LogP contribution in [0.1, 0.15) is 11.4 Å². The van der Waals surface area contributed by atoms with Crippen molar-refractivity contribution in [3.63, 3.8) is 0 Å². The molecule has 0 atom stereocenters. The molecule has 25 heavy (non-hydrogen) atoms. The van der Waals surface area contributed by atoms with Gasteiger partial charge in [-0.3, -0.25) is 10.7 Å². The molecule has 0 spiro atoms. The number of aliphatic hydroxyl groups excluding tert-OH is 1. The average molecular weight is 360 g/mol. The summed E-state index contributed by atoms with van der Waals surface area (Å²) < 4.78 is 7.66. The van der Waals surface area contributed by atoms with Crippen LogP contribution < -0.4 is 15.5 Å². The molecular weight excluding hydrogens is 340 g/mol. The summed E-state index contributed by atoms with van der Waals surface area (Å²) in [5.74, 6) is 1.64. The van der Waals surface area contributed by atoms with Gasteiger partial charge in [0.25, 0.3) is 5.84 Å². The molecule has 2 aromatic carbocycles. The molecule has 0 fully saturated rings. The highest BCUT2D eigenvalue weighted by Crippen LogP contribution is 2.31. The van der Waals surface area contributed by atoms with Crippen molar-refractivity contribution in [2.45, 2.75) is 19.8 Å². The number of imidazole rings is 1. The van der Waals surface area contributed by atoms with E-state index in [-0.39, 0.29) is 6.61 Å². The molecule has 0 aliphatic heterocycles. The summed E-state index contributed by atoms with van der Waals surface area (Å²) in [4.78, 5) is 7.34. The van der Waals surface area contributed by atoms with Crippen LogP contribution in [-0.2, 0) is 19.8 Å². The average Bonchev–Trinajstić information content (AvgIpc) is 2.97. The molecule has 0 radical (unpaired) electrons.